The molecule has 0 N–H and O–H groups in total. The summed E-state index contributed by atoms with van der Waals surface area (Å²) in [5.74, 6) is 0.244. The topological polar surface area (TPSA) is 28.5 Å². The highest BCUT2D eigenvalue weighted by molar-refractivity contribution is 7.09. The zero-order valence-electron chi connectivity index (χ0n) is 17.3. The minimum atomic E-state index is 0.244. The number of ketones is 1. The molecule has 1 fully saturated rings. The van der Waals surface area contributed by atoms with Gasteiger partial charge in [-0.15, -0.1) is 11.3 Å². The van der Waals surface area contributed by atoms with Crippen molar-refractivity contribution in [2.24, 2.45) is 0 Å². The van der Waals surface area contributed by atoms with Crippen LogP contribution in [0.5, 0.6) is 0 Å². The first-order chi connectivity index (χ1) is 14.1. The van der Waals surface area contributed by atoms with Gasteiger partial charge in [0.2, 0.25) is 0 Å². The smallest absolute Gasteiger partial charge is 0.178 e. The van der Waals surface area contributed by atoms with Crippen LogP contribution in [0.1, 0.15) is 26.6 Å². The van der Waals surface area contributed by atoms with E-state index in [1.165, 1.54) is 16.3 Å². The second-order valence-corrected chi connectivity index (χ2v) is 8.82. The van der Waals surface area contributed by atoms with Crippen molar-refractivity contribution in [1.82, 2.24) is 9.47 Å². The maximum atomic E-state index is 13.0. The minimum Gasteiger partial charge on any atom is -0.369 e. The number of Topliss-reactive ketones (excluding diaryl/α,β-unsaturated/α-hetero) is 1. The van der Waals surface area contributed by atoms with Crippen LogP contribution in [0.25, 0.3) is 0 Å². The van der Waals surface area contributed by atoms with E-state index in [4.69, 9.17) is 0 Å². The van der Waals surface area contributed by atoms with Gasteiger partial charge in [0.1, 0.15) is 0 Å². The molecule has 1 aromatic carbocycles. The van der Waals surface area contributed by atoms with Gasteiger partial charge in [-0.2, -0.15) is 0 Å². The minimum absolute atomic E-state index is 0.244. The summed E-state index contributed by atoms with van der Waals surface area (Å²) in [5.41, 5.74) is 4.44. The van der Waals surface area contributed by atoms with Gasteiger partial charge >= 0.3 is 0 Å². The second-order valence-electron chi connectivity index (χ2n) is 7.79. The average molecular weight is 408 g/mol. The molecule has 0 spiro atoms. The zero-order valence-corrected chi connectivity index (χ0v) is 18.1. The number of hydrogen-bond donors (Lipinski definition) is 0. The van der Waals surface area contributed by atoms with Crippen molar-refractivity contribution in [3.8, 4) is 0 Å². The van der Waals surface area contributed by atoms with Crippen molar-refractivity contribution in [3.63, 3.8) is 0 Å². The lowest BCUT2D eigenvalue weighted by atomic mass is 10.1. The molecule has 2 aromatic heterocycles. The van der Waals surface area contributed by atoms with E-state index in [1.54, 1.807) is 11.3 Å². The van der Waals surface area contributed by atoms with Crippen LogP contribution in [0.2, 0.25) is 0 Å². The number of hydrogen-bond acceptors (Lipinski definition) is 4. The molecule has 0 unspecified atom stereocenters. The molecule has 0 atom stereocenters. The highest BCUT2D eigenvalue weighted by atomic mass is 32.1. The Balaban J connectivity index is 1.35. The molecule has 3 heterocycles. The molecule has 0 bridgehead atoms. The molecule has 29 heavy (non-hydrogen) atoms. The second kappa shape index (κ2) is 8.97. The van der Waals surface area contributed by atoms with E-state index >= 15 is 0 Å². The molecular weight excluding hydrogens is 378 g/mol. The Bertz CT molecular complexity index is 938. The number of para-hydroxylation sites is 1. The summed E-state index contributed by atoms with van der Waals surface area (Å²) in [4.78, 5) is 19.1. The fourth-order valence-corrected chi connectivity index (χ4v) is 4.89. The number of carbonyl (C=O) groups is 1. The Labute approximate surface area is 177 Å². The van der Waals surface area contributed by atoms with Crippen molar-refractivity contribution in [1.29, 1.82) is 0 Å². The Morgan fingerprint density at radius 1 is 1.00 bits per heavy atom. The number of piperazine rings is 1. The normalized spacial score (nSPS) is 15.0. The number of anilines is 1. The lowest BCUT2D eigenvalue weighted by molar-refractivity contribution is 0.0925. The van der Waals surface area contributed by atoms with E-state index in [0.717, 1.165) is 50.4 Å². The van der Waals surface area contributed by atoms with Gasteiger partial charge < -0.3 is 9.47 Å². The molecule has 0 amide bonds. The highest BCUT2D eigenvalue weighted by Crippen LogP contribution is 2.20. The molecular formula is C24H29N3OS. The van der Waals surface area contributed by atoms with Crippen molar-refractivity contribution in [3.05, 3.63) is 75.7 Å². The predicted octanol–water partition coefficient (Wildman–Crippen LogP) is 4.41. The monoisotopic (exact) mass is 407 g/mol. The molecule has 5 heteroatoms. The largest absolute Gasteiger partial charge is 0.369 e. The summed E-state index contributed by atoms with van der Waals surface area (Å²) in [5, 5.41) is 2.12. The summed E-state index contributed by atoms with van der Waals surface area (Å²) in [7, 11) is 0. The molecule has 1 saturated heterocycles. The van der Waals surface area contributed by atoms with Gasteiger partial charge in [-0.1, -0.05) is 24.3 Å². The fraction of sp³-hybridized carbons (Fsp3) is 0.375. The van der Waals surface area contributed by atoms with Gasteiger partial charge in [0, 0.05) is 60.2 Å². The zero-order chi connectivity index (χ0) is 20.2. The van der Waals surface area contributed by atoms with Crippen molar-refractivity contribution < 1.29 is 4.79 Å². The lowest BCUT2D eigenvalue weighted by Gasteiger charge is -2.35. The van der Waals surface area contributed by atoms with Crippen LogP contribution < -0.4 is 4.90 Å². The summed E-state index contributed by atoms with van der Waals surface area (Å²) in [6.07, 6.45) is 1.02. The van der Waals surface area contributed by atoms with Gasteiger partial charge in [-0.05, 0) is 49.9 Å². The van der Waals surface area contributed by atoms with Gasteiger partial charge in [-0.3, -0.25) is 9.69 Å². The molecule has 0 aliphatic carbocycles. The summed E-state index contributed by atoms with van der Waals surface area (Å²) < 4.78 is 2.29. The highest BCUT2D eigenvalue weighted by Gasteiger charge is 2.22. The summed E-state index contributed by atoms with van der Waals surface area (Å²) in [6, 6.07) is 16.9. The third kappa shape index (κ3) is 4.62. The van der Waals surface area contributed by atoms with Crippen LogP contribution in [-0.4, -0.2) is 48.0 Å². The van der Waals surface area contributed by atoms with E-state index in [0.29, 0.717) is 6.54 Å². The van der Waals surface area contributed by atoms with E-state index in [-0.39, 0.29) is 5.78 Å². The van der Waals surface area contributed by atoms with Gasteiger partial charge in [0.05, 0.1) is 6.54 Å². The number of aromatic nitrogens is 1. The van der Waals surface area contributed by atoms with Gasteiger partial charge in [-0.25, -0.2) is 0 Å². The van der Waals surface area contributed by atoms with E-state index in [2.05, 4.69) is 82.1 Å². The average Bonchev–Trinajstić information content (AvgIpc) is 3.36. The fourth-order valence-electron chi connectivity index (χ4n) is 4.20. The molecule has 1 aliphatic rings. The van der Waals surface area contributed by atoms with Gasteiger partial charge in [0.25, 0.3) is 0 Å². The number of aryl methyl sites for hydroxylation is 2. The van der Waals surface area contributed by atoms with Crippen LogP contribution in [0.3, 0.4) is 0 Å². The molecule has 1 aliphatic heterocycles. The van der Waals surface area contributed by atoms with Crippen LogP contribution in [0.15, 0.2) is 53.9 Å². The quantitative estimate of drug-likeness (QED) is 0.543. The molecule has 3 aromatic rings. The van der Waals surface area contributed by atoms with Crippen molar-refractivity contribution in [2.45, 2.75) is 26.8 Å². The molecule has 0 saturated carbocycles. The van der Waals surface area contributed by atoms with Crippen molar-refractivity contribution in [2.75, 3.05) is 37.6 Å². The third-order valence-corrected chi connectivity index (χ3v) is 6.83. The Kier molecular flexibility index (Phi) is 6.16. The lowest BCUT2D eigenvalue weighted by Crippen LogP contribution is -2.48. The van der Waals surface area contributed by atoms with Crippen LogP contribution in [0.4, 0.5) is 5.69 Å². The number of thiophene rings is 1. The van der Waals surface area contributed by atoms with Crippen molar-refractivity contribution >= 4 is 22.8 Å². The molecule has 152 valence electrons. The Morgan fingerprint density at radius 3 is 2.45 bits per heavy atom. The maximum Gasteiger partial charge on any atom is 0.178 e. The molecule has 4 nitrogen and oxygen atoms in total. The molecule has 0 radical (unpaired) electrons. The number of nitrogens with zero attached hydrogens (tertiary/aromatic N) is 3. The maximum absolute atomic E-state index is 13.0. The predicted molar refractivity (Wildman–Crippen MR) is 121 cm³/mol. The van der Waals surface area contributed by atoms with Crippen LogP contribution in [0, 0.1) is 13.8 Å². The molecule has 4 rings (SSSR count). The first-order valence-electron chi connectivity index (χ1n) is 10.4. The summed E-state index contributed by atoms with van der Waals surface area (Å²) in [6.45, 7) is 9.43. The number of rotatable bonds is 7. The summed E-state index contributed by atoms with van der Waals surface area (Å²) >= 11 is 1.80. The third-order valence-electron chi connectivity index (χ3n) is 5.90. The van der Waals surface area contributed by atoms with E-state index in [1.807, 2.05) is 0 Å². The first kappa shape index (κ1) is 19.9. The standard InChI is InChI=1S/C24H29N3OS/c1-19-17-23(20(2)27(19)11-10-22-9-6-16-29-22)24(28)18-25-12-14-26(15-13-25)21-7-4-3-5-8-21/h3-9,16-17H,10-15,18H2,1-2H3. The SMILES string of the molecule is Cc1cc(C(=O)CN2CCN(c3ccccc3)CC2)c(C)n1CCc1cccs1. The van der Waals surface area contributed by atoms with Crippen LogP contribution >= 0.6 is 11.3 Å². The first-order valence-corrected chi connectivity index (χ1v) is 11.2. The Hall–Kier alpha value is -2.37. The van der Waals surface area contributed by atoms with Gasteiger partial charge in [0.15, 0.2) is 5.78 Å². The Morgan fingerprint density at radius 2 is 1.76 bits per heavy atom. The van der Waals surface area contributed by atoms with Crippen LogP contribution in [-0.2, 0) is 13.0 Å². The van der Waals surface area contributed by atoms with E-state index < -0.39 is 0 Å². The van der Waals surface area contributed by atoms with E-state index in [9.17, 15) is 4.79 Å². The number of carbonyl (C=O) groups excluding carboxylic acids is 1. The number of benzene rings is 1.